The van der Waals surface area contributed by atoms with Crippen LogP contribution in [-0.2, 0) is 0 Å². The van der Waals surface area contributed by atoms with E-state index in [-0.39, 0.29) is 23.2 Å². The zero-order valence-electron chi connectivity index (χ0n) is 19.4. The van der Waals surface area contributed by atoms with Crippen molar-refractivity contribution in [2.75, 3.05) is 23.3 Å². The average Bonchev–Trinajstić information content (AvgIpc) is 3.13. The van der Waals surface area contributed by atoms with Crippen LogP contribution in [0.15, 0.2) is 36.7 Å². The van der Waals surface area contributed by atoms with Gasteiger partial charge in [-0.1, -0.05) is 0 Å². The van der Waals surface area contributed by atoms with Gasteiger partial charge in [-0.25, -0.2) is 28.7 Å². The highest BCUT2D eigenvalue weighted by Crippen LogP contribution is 2.30. The number of anilines is 3. The first-order valence-corrected chi connectivity index (χ1v) is 11.0. The number of hydrogen-bond donors (Lipinski definition) is 1. The number of nitrogens with zero attached hydrogens (tertiary/aromatic N) is 6. The van der Waals surface area contributed by atoms with Gasteiger partial charge in [0.05, 0.1) is 23.6 Å². The van der Waals surface area contributed by atoms with Gasteiger partial charge in [0.15, 0.2) is 11.6 Å². The molecule has 0 unspecified atom stereocenters. The Morgan fingerprint density at radius 2 is 1.76 bits per heavy atom. The highest BCUT2D eigenvalue weighted by Gasteiger charge is 2.18. The molecule has 0 atom stereocenters. The number of aryl methyl sites for hydroxylation is 1. The molecule has 1 N–H and O–H groups in total. The molecule has 0 aliphatic carbocycles. The molecule has 0 spiro atoms. The Kier molecular flexibility index (Phi) is 6.22. The lowest BCUT2D eigenvalue weighted by Gasteiger charge is -2.20. The molecule has 1 aromatic carbocycles. The summed E-state index contributed by atoms with van der Waals surface area (Å²) < 4.78 is 31.5. The lowest BCUT2D eigenvalue weighted by molar-refractivity contribution is 0.600. The Morgan fingerprint density at radius 3 is 2.39 bits per heavy atom. The minimum absolute atomic E-state index is 0.00206. The van der Waals surface area contributed by atoms with E-state index in [1.807, 2.05) is 37.5 Å². The highest BCUT2D eigenvalue weighted by molar-refractivity contribution is 5.83. The standard InChI is InChI=1S/C24H27F2N7/c1-6-32(7-2)17-8-9-21(27-12-17)30-24-28-13-19(26)22(31-24)16-10-18(25)23-20(11-16)33(14(3)4)15(5)29-23/h8-14H,6-7H2,1-5H3,(H,27,28,30,31). The fraction of sp³-hybridized carbons (Fsp3) is 0.333. The molecule has 0 saturated carbocycles. The fourth-order valence-corrected chi connectivity index (χ4v) is 4.04. The molecule has 4 aromatic rings. The van der Waals surface area contributed by atoms with Crippen molar-refractivity contribution in [2.45, 2.75) is 40.7 Å². The number of pyridine rings is 1. The van der Waals surface area contributed by atoms with E-state index in [0.717, 1.165) is 25.0 Å². The van der Waals surface area contributed by atoms with Crippen LogP contribution in [0.3, 0.4) is 0 Å². The molecule has 3 heterocycles. The van der Waals surface area contributed by atoms with E-state index >= 15 is 0 Å². The summed E-state index contributed by atoms with van der Waals surface area (Å²) in [6.45, 7) is 11.7. The Bertz CT molecular complexity index is 1280. The van der Waals surface area contributed by atoms with Crippen LogP contribution in [0.25, 0.3) is 22.3 Å². The van der Waals surface area contributed by atoms with Crippen LogP contribution in [-0.4, -0.2) is 37.6 Å². The maximum Gasteiger partial charge on any atom is 0.229 e. The summed E-state index contributed by atoms with van der Waals surface area (Å²) in [5.41, 5.74) is 2.18. The number of halogens is 2. The largest absolute Gasteiger partial charge is 0.371 e. The molecule has 172 valence electrons. The van der Waals surface area contributed by atoms with Crippen LogP contribution in [0, 0.1) is 18.6 Å². The molecule has 0 radical (unpaired) electrons. The SMILES string of the molecule is CCN(CC)c1ccc(Nc2ncc(F)c(-c3cc(F)c4nc(C)n(C(C)C)c4c3)n2)nc1. The Balaban J connectivity index is 1.69. The zero-order valence-corrected chi connectivity index (χ0v) is 19.4. The van der Waals surface area contributed by atoms with Gasteiger partial charge in [0.1, 0.15) is 22.9 Å². The van der Waals surface area contributed by atoms with Gasteiger partial charge in [-0.15, -0.1) is 0 Å². The number of imidazole rings is 1. The van der Waals surface area contributed by atoms with Crippen LogP contribution in [0.5, 0.6) is 0 Å². The topological polar surface area (TPSA) is 71.8 Å². The van der Waals surface area contributed by atoms with Gasteiger partial charge < -0.3 is 14.8 Å². The minimum atomic E-state index is -0.642. The number of aromatic nitrogens is 5. The molecular formula is C24H27F2N7. The van der Waals surface area contributed by atoms with Gasteiger partial charge >= 0.3 is 0 Å². The van der Waals surface area contributed by atoms with Crippen molar-refractivity contribution in [1.82, 2.24) is 24.5 Å². The Labute approximate surface area is 191 Å². The van der Waals surface area contributed by atoms with E-state index in [1.54, 1.807) is 12.3 Å². The molecule has 0 aliphatic heterocycles. The third kappa shape index (κ3) is 4.35. The van der Waals surface area contributed by atoms with Crippen molar-refractivity contribution in [1.29, 1.82) is 0 Å². The van der Waals surface area contributed by atoms with Crippen LogP contribution in [0.2, 0.25) is 0 Å². The first-order chi connectivity index (χ1) is 15.8. The molecular weight excluding hydrogens is 424 g/mol. The molecule has 4 rings (SSSR count). The van der Waals surface area contributed by atoms with Crippen molar-refractivity contribution in [2.24, 2.45) is 0 Å². The number of rotatable bonds is 7. The van der Waals surface area contributed by atoms with Crippen LogP contribution < -0.4 is 10.2 Å². The van der Waals surface area contributed by atoms with Crippen molar-refractivity contribution < 1.29 is 8.78 Å². The number of hydrogen-bond acceptors (Lipinski definition) is 6. The quantitative estimate of drug-likeness (QED) is 0.392. The van der Waals surface area contributed by atoms with E-state index < -0.39 is 11.6 Å². The number of nitrogens with one attached hydrogen (secondary N) is 1. The van der Waals surface area contributed by atoms with Crippen molar-refractivity contribution >= 4 is 28.5 Å². The predicted octanol–water partition coefficient (Wildman–Crippen LogP) is 5.65. The molecule has 3 aromatic heterocycles. The third-order valence-corrected chi connectivity index (χ3v) is 5.58. The summed E-state index contributed by atoms with van der Waals surface area (Å²) in [6, 6.07) is 6.81. The maximum absolute atomic E-state index is 14.9. The van der Waals surface area contributed by atoms with E-state index in [4.69, 9.17) is 0 Å². The van der Waals surface area contributed by atoms with Crippen LogP contribution in [0.4, 0.5) is 26.2 Å². The number of benzene rings is 1. The summed E-state index contributed by atoms with van der Waals surface area (Å²) in [7, 11) is 0. The lowest BCUT2D eigenvalue weighted by Crippen LogP contribution is -2.21. The normalized spacial score (nSPS) is 11.4. The van der Waals surface area contributed by atoms with Crippen molar-refractivity contribution in [3.63, 3.8) is 0 Å². The molecule has 0 aliphatic rings. The molecule has 9 heteroatoms. The monoisotopic (exact) mass is 451 g/mol. The van der Waals surface area contributed by atoms with Crippen molar-refractivity contribution in [3.05, 3.63) is 54.1 Å². The van der Waals surface area contributed by atoms with Gasteiger partial charge in [-0.2, -0.15) is 0 Å². The first kappa shape index (κ1) is 22.6. The number of fused-ring (bicyclic) bond motifs is 1. The Morgan fingerprint density at radius 1 is 1.00 bits per heavy atom. The fourth-order valence-electron chi connectivity index (χ4n) is 4.04. The van der Waals surface area contributed by atoms with Gasteiger partial charge in [-0.3, -0.25) is 0 Å². The smallest absolute Gasteiger partial charge is 0.229 e. The maximum atomic E-state index is 14.9. The average molecular weight is 452 g/mol. The Hall–Kier alpha value is -3.62. The summed E-state index contributed by atoms with van der Waals surface area (Å²) >= 11 is 0. The highest BCUT2D eigenvalue weighted by atomic mass is 19.1. The second-order valence-electron chi connectivity index (χ2n) is 8.04. The van der Waals surface area contributed by atoms with Crippen LogP contribution in [0.1, 0.15) is 39.6 Å². The molecule has 33 heavy (non-hydrogen) atoms. The van der Waals surface area contributed by atoms with Gasteiger partial charge in [-0.05, 0) is 58.9 Å². The summed E-state index contributed by atoms with van der Waals surface area (Å²) in [4.78, 5) is 19.3. The predicted molar refractivity (Wildman–Crippen MR) is 127 cm³/mol. The molecule has 7 nitrogen and oxygen atoms in total. The van der Waals surface area contributed by atoms with Crippen LogP contribution >= 0.6 is 0 Å². The molecule has 0 bridgehead atoms. The zero-order chi connectivity index (χ0) is 23.7. The minimum Gasteiger partial charge on any atom is -0.371 e. The first-order valence-electron chi connectivity index (χ1n) is 11.0. The van der Waals surface area contributed by atoms with Gasteiger partial charge in [0, 0.05) is 24.7 Å². The van der Waals surface area contributed by atoms with E-state index in [1.165, 1.54) is 6.07 Å². The van der Waals surface area contributed by atoms with E-state index in [0.29, 0.717) is 22.7 Å². The van der Waals surface area contributed by atoms with Gasteiger partial charge in [0.2, 0.25) is 5.95 Å². The van der Waals surface area contributed by atoms with Gasteiger partial charge in [0.25, 0.3) is 0 Å². The van der Waals surface area contributed by atoms with E-state index in [2.05, 4.69) is 44.0 Å². The lowest BCUT2D eigenvalue weighted by atomic mass is 10.1. The summed E-state index contributed by atoms with van der Waals surface area (Å²) in [5, 5.41) is 3.00. The third-order valence-electron chi connectivity index (χ3n) is 5.58. The summed E-state index contributed by atoms with van der Waals surface area (Å²) in [6.07, 6.45) is 2.83. The van der Waals surface area contributed by atoms with E-state index in [9.17, 15) is 8.78 Å². The second-order valence-corrected chi connectivity index (χ2v) is 8.04. The molecule has 0 saturated heterocycles. The second kappa shape index (κ2) is 9.09. The molecule has 0 fully saturated rings. The summed E-state index contributed by atoms with van der Waals surface area (Å²) in [5.74, 6) is 0.227. The molecule has 0 amide bonds. The van der Waals surface area contributed by atoms with Crippen molar-refractivity contribution in [3.8, 4) is 11.3 Å².